The molecule has 8 heteroatoms. The van der Waals surface area contributed by atoms with Crippen molar-refractivity contribution in [2.24, 2.45) is 5.10 Å². The standard InChI is InChI=1S/C23H20N2O6/c1-29-20-12-7-17(13-21(20)30-2)23(28)31-19-10-3-15(4-11-19)14-24-25-22(27)16-5-8-18(26)9-6-16/h3-14,26H,1-2H3,(H,25,27). The molecule has 3 aromatic carbocycles. The molecular weight excluding hydrogens is 400 g/mol. The fourth-order valence-electron chi connectivity index (χ4n) is 2.59. The lowest BCUT2D eigenvalue weighted by atomic mass is 10.2. The Hall–Kier alpha value is -4.33. The molecule has 8 nitrogen and oxygen atoms in total. The summed E-state index contributed by atoms with van der Waals surface area (Å²) < 4.78 is 15.7. The van der Waals surface area contributed by atoms with Crippen molar-refractivity contribution in [1.82, 2.24) is 5.43 Å². The third-order valence-electron chi connectivity index (χ3n) is 4.22. The van der Waals surface area contributed by atoms with Crippen molar-refractivity contribution in [3.63, 3.8) is 0 Å². The number of phenols is 1. The average Bonchev–Trinajstić information content (AvgIpc) is 2.80. The van der Waals surface area contributed by atoms with Crippen molar-refractivity contribution in [1.29, 1.82) is 0 Å². The molecule has 158 valence electrons. The van der Waals surface area contributed by atoms with Crippen LogP contribution < -0.4 is 19.6 Å². The Morgan fingerprint density at radius 1 is 0.871 bits per heavy atom. The van der Waals surface area contributed by atoms with Gasteiger partial charge in [-0.3, -0.25) is 4.79 Å². The highest BCUT2D eigenvalue weighted by atomic mass is 16.5. The number of hydrazone groups is 1. The maximum Gasteiger partial charge on any atom is 0.343 e. The summed E-state index contributed by atoms with van der Waals surface area (Å²) in [5.74, 6) is 0.426. The first-order chi connectivity index (χ1) is 15.0. The van der Waals surface area contributed by atoms with Crippen molar-refractivity contribution >= 4 is 18.1 Å². The fourth-order valence-corrected chi connectivity index (χ4v) is 2.59. The minimum absolute atomic E-state index is 0.0759. The molecule has 0 radical (unpaired) electrons. The Morgan fingerprint density at radius 3 is 2.16 bits per heavy atom. The van der Waals surface area contributed by atoms with Crippen LogP contribution in [0.1, 0.15) is 26.3 Å². The number of methoxy groups -OCH3 is 2. The van der Waals surface area contributed by atoms with E-state index in [4.69, 9.17) is 14.2 Å². The van der Waals surface area contributed by atoms with Gasteiger partial charge in [0.25, 0.3) is 5.91 Å². The van der Waals surface area contributed by atoms with E-state index in [1.807, 2.05) is 0 Å². The fraction of sp³-hybridized carbons (Fsp3) is 0.0870. The van der Waals surface area contributed by atoms with Crippen LogP contribution in [0.2, 0.25) is 0 Å². The Bertz CT molecular complexity index is 1090. The summed E-state index contributed by atoms with van der Waals surface area (Å²) >= 11 is 0. The van der Waals surface area contributed by atoms with Crippen LogP contribution >= 0.6 is 0 Å². The largest absolute Gasteiger partial charge is 0.508 e. The van der Waals surface area contributed by atoms with Crippen LogP contribution in [0.25, 0.3) is 0 Å². The average molecular weight is 420 g/mol. The van der Waals surface area contributed by atoms with Crippen molar-refractivity contribution in [2.75, 3.05) is 14.2 Å². The molecule has 0 aliphatic carbocycles. The number of hydrogen-bond acceptors (Lipinski definition) is 7. The number of phenolic OH excluding ortho intramolecular Hbond substituents is 1. The van der Waals surface area contributed by atoms with Gasteiger partial charge in [0.15, 0.2) is 11.5 Å². The zero-order valence-corrected chi connectivity index (χ0v) is 16.9. The van der Waals surface area contributed by atoms with Gasteiger partial charge in [-0.25, -0.2) is 10.2 Å². The zero-order valence-electron chi connectivity index (χ0n) is 16.9. The van der Waals surface area contributed by atoms with Gasteiger partial charge in [-0.2, -0.15) is 5.10 Å². The smallest absolute Gasteiger partial charge is 0.343 e. The van der Waals surface area contributed by atoms with E-state index in [1.54, 1.807) is 42.5 Å². The first-order valence-corrected chi connectivity index (χ1v) is 9.17. The number of benzene rings is 3. The second-order valence-corrected chi connectivity index (χ2v) is 6.27. The van der Waals surface area contributed by atoms with Crippen LogP contribution in [0, 0.1) is 0 Å². The number of nitrogens with zero attached hydrogens (tertiary/aromatic N) is 1. The lowest BCUT2D eigenvalue weighted by Gasteiger charge is -2.09. The summed E-state index contributed by atoms with van der Waals surface area (Å²) in [6.45, 7) is 0. The van der Waals surface area contributed by atoms with Crippen LogP contribution in [0.3, 0.4) is 0 Å². The van der Waals surface area contributed by atoms with Crippen LogP contribution in [-0.2, 0) is 0 Å². The highest BCUT2D eigenvalue weighted by Gasteiger charge is 2.13. The maximum atomic E-state index is 12.4. The van der Waals surface area contributed by atoms with E-state index in [1.165, 1.54) is 44.7 Å². The summed E-state index contributed by atoms with van der Waals surface area (Å²) in [6.07, 6.45) is 1.46. The van der Waals surface area contributed by atoms with Gasteiger partial charge in [-0.1, -0.05) is 0 Å². The first-order valence-electron chi connectivity index (χ1n) is 9.17. The molecule has 0 spiro atoms. The minimum Gasteiger partial charge on any atom is -0.508 e. The Balaban J connectivity index is 1.58. The highest BCUT2D eigenvalue weighted by molar-refractivity contribution is 5.95. The lowest BCUT2D eigenvalue weighted by molar-refractivity contribution is 0.0734. The number of carbonyl (C=O) groups is 2. The van der Waals surface area contributed by atoms with Crippen molar-refractivity contribution in [3.8, 4) is 23.0 Å². The van der Waals surface area contributed by atoms with Gasteiger partial charge in [-0.05, 0) is 72.3 Å². The summed E-state index contributed by atoms with van der Waals surface area (Å²) in [4.78, 5) is 24.3. The van der Waals surface area contributed by atoms with Gasteiger partial charge in [0.05, 0.1) is 26.0 Å². The molecule has 0 saturated carbocycles. The number of nitrogens with one attached hydrogen (secondary N) is 1. The van der Waals surface area contributed by atoms with E-state index in [9.17, 15) is 14.7 Å². The van der Waals surface area contributed by atoms with E-state index in [-0.39, 0.29) is 5.75 Å². The minimum atomic E-state index is -0.538. The summed E-state index contributed by atoms with van der Waals surface area (Å²) in [7, 11) is 3.00. The molecule has 0 aliphatic rings. The number of aromatic hydroxyl groups is 1. The Morgan fingerprint density at radius 2 is 1.52 bits per heavy atom. The van der Waals surface area contributed by atoms with Gasteiger partial charge >= 0.3 is 5.97 Å². The molecule has 31 heavy (non-hydrogen) atoms. The molecule has 0 saturated heterocycles. The molecule has 0 fully saturated rings. The van der Waals surface area contributed by atoms with Crippen LogP contribution in [0.5, 0.6) is 23.0 Å². The van der Waals surface area contributed by atoms with Crippen molar-refractivity contribution in [2.45, 2.75) is 0 Å². The molecule has 3 aromatic rings. The third kappa shape index (κ3) is 5.60. The third-order valence-corrected chi connectivity index (χ3v) is 4.22. The van der Waals surface area contributed by atoms with Gasteiger partial charge in [0, 0.05) is 5.56 Å². The quantitative estimate of drug-likeness (QED) is 0.263. The molecular formula is C23H20N2O6. The topological polar surface area (TPSA) is 106 Å². The van der Waals surface area contributed by atoms with Crippen LogP contribution in [0.15, 0.2) is 71.8 Å². The molecule has 0 heterocycles. The Kier molecular flexibility index (Phi) is 6.85. The highest BCUT2D eigenvalue weighted by Crippen LogP contribution is 2.28. The van der Waals surface area contributed by atoms with E-state index >= 15 is 0 Å². The van der Waals surface area contributed by atoms with Crippen LogP contribution in [-0.4, -0.2) is 37.4 Å². The number of rotatable bonds is 7. The predicted octanol–water partition coefficient (Wildman–Crippen LogP) is 3.39. The number of amides is 1. The number of esters is 1. The summed E-state index contributed by atoms with van der Waals surface area (Å²) in [5.41, 5.74) is 3.78. The van der Waals surface area contributed by atoms with Crippen LogP contribution in [0.4, 0.5) is 0 Å². The molecule has 0 bridgehead atoms. The number of hydrogen-bond donors (Lipinski definition) is 2. The maximum absolute atomic E-state index is 12.4. The van der Waals surface area contributed by atoms with E-state index in [2.05, 4.69) is 10.5 Å². The predicted molar refractivity (Wildman–Crippen MR) is 114 cm³/mol. The zero-order chi connectivity index (χ0) is 22.2. The molecule has 0 unspecified atom stereocenters. The molecule has 1 amide bonds. The number of carbonyl (C=O) groups excluding carboxylic acids is 2. The second kappa shape index (κ2) is 9.93. The van der Waals surface area contributed by atoms with Gasteiger partial charge < -0.3 is 19.3 Å². The van der Waals surface area contributed by atoms with Crippen molar-refractivity contribution in [3.05, 3.63) is 83.4 Å². The number of ether oxygens (including phenoxy) is 3. The van der Waals surface area contributed by atoms with Gasteiger partial charge in [0.1, 0.15) is 11.5 Å². The first kappa shape index (κ1) is 21.4. The van der Waals surface area contributed by atoms with E-state index < -0.39 is 11.9 Å². The normalized spacial score (nSPS) is 10.5. The molecule has 0 aliphatic heterocycles. The molecule has 0 atom stereocenters. The lowest BCUT2D eigenvalue weighted by Crippen LogP contribution is -2.17. The Labute approximate surface area is 178 Å². The molecule has 0 aromatic heterocycles. The second-order valence-electron chi connectivity index (χ2n) is 6.27. The SMILES string of the molecule is COc1ccc(C(=O)Oc2ccc(C=NNC(=O)c3ccc(O)cc3)cc2)cc1OC. The summed E-state index contributed by atoms with van der Waals surface area (Å²) in [5, 5.41) is 13.1. The van der Waals surface area contributed by atoms with Gasteiger partial charge in [-0.15, -0.1) is 0 Å². The monoisotopic (exact) mass is 420 g/mol. The molecule has 3 rings (SSSR count). The van der Waals surface area contributed by atoms with Gasteiger partial charge in [0.2, 0.25) is 0 Å². The summed E-state index contributed by atoms with van der Waals surface area (Å²) in [6, 6.07) is 17.2. The van der Waals surface area contributed by atoms with Crippen molar-refractivity contribution < 1.29 is 28.9 Å². The van der Waals surface area contributed by atoms with E-state index in [0.717, 1.165) is 0 Å². The molecule has 2 N–H and O–H groups in total. The van der Waals surface area contributed by atoms with E-state index in [0.29, 0.717) is 33.9 Å².